The van der Waals surface area contributed by atoms with Crippen LogP contribution in [-0.2, 0) is 25.5 Å². The average Bonchev–Trinajstić information content (AvgIpc) is 2.70. The van der Waals surface area contributed by atoms with Crippen LogP contribution in [0.2, 0.25) is 0 Å². The largest absolute Gasteiger partial charge is 0.385 e. The Bertz CT molecular complexity index is 575. The van der Waals surface area contributed by atoms with Gasteiger partial charge in [0, 0.05) is 19.2 Å². The van der Waals surface area contributed by atoms with Gasteiger partial charge in [0.2, 0.25) is 0 Å². The van der Waals surface area contributed by atoms with Crippen LogP contribution < -0.4 is 0 Å². The van der Waals surface area contributed by atoms with E-state index in [0.29, 0.717) is 12.0 Å². The monoisotopic (exact) mass is 262 g/mol. The lowest BCUT2D eigenvalue weighted by atomic mass is 9.91. The van der Waals surface area contributed by atoms with Crippen molar-refractivity contribution in [3.8, 4) is 0 Å². The second kappa shape index (κ2) is 5.13. The van der Waals surface area contributed by atoms with Crippen LogP contribution in [0.3, 0.4) is 0 Å². The predicted molar refractivity (Wildman–Crippen MR) is 72.3 cm³/mol. The van der Waals surface area contributed by atoms with Gasteiger partial charge in [0.25, 0.3) is 0 Å². The van der Waals surface area contributed by atoms with Gasteiger partial charge >= 0.3 is 0 Å². The number of aromatic nitrogens is 2. The standard InChI is InChI=1S/C15H19FN2O/c1-4-13-9-14(18(3)17-13)10-15(2,19)11-6-5-7-12(16)8-11/h5-9,19H,4,10H2,1-3H3. The number of hydrogen-bond acceptors (Lipinski definition) is 2. The van der Waals surface area contributed by atoms with Crippen LogP contribution in [0.5, 0.6) is 0 Å². The van der Waals surface area contributed by atoms with Gasteiger partial charge in [-0.25, -0.2) is 4.39 Å². The number of rotatable bonds is 4. The topological polar surface area (TPSA) is 38.0 Å². The molecule has 0 bridgehead atoms. The zero-order valence-corrected chi connectivity index (χ0v) is 11.5. The van der Waals surface area contributed by atoms with Crippen molar-refractivity contribution in [2.45, 2.75) is 32.3 Å². The summed E-state index contributed by atoms with van der Waals surface area (Å²) >= 11 is 0. The quantitative estimate of drug-likeness (QED) is 0.919. The second-order valence-corrected chi connectivity index (χ2v) is 5.07. The van der Waals surface area contributed by atoms with Gasteiger partial charge in [-0.1, -0.05) is 19.1 Å². The summed E-state index contributed by atoms with van der Waals surface area (Å²) in [6, 6.07) is 8.07. The molecule has 1 N–H and O–H groups in total. The Morgan fingerprint density at radius 2 is 2.11 bits per heavy atom. The molecule has 3 nitrogen and oxygen atoms in total. The molecule has 4 heteroatoms. The SMILES string of the molecule is CCc1cc(CC(C)(O)c2cccc(F)c2)n(C)n1. The van der Waals surface area contributed by atoms with Crippen LogP contribution >= 0.6 is 0 Å². The molecule has 2 rings (SSSR count). The molecule has 0 spiro atoms. The van der Waals surface area contributed by atoms with Crippen molar-refractivity contribution in [1.82, 2.24) is 9.78 Å². The molecule has 0 amide bonds. The van der Waals surface area contributed by atoms with Gasteiger partial charge in [0.15, 0.2) is 0 Å². The van der Waals surface area contributed by atoms with Crippen molar-refractivity contribution in [3.63, 3.8) is 0 Å². The minimum atomic E-state index is -1.11. The van der Waals surface area contributed by atoms with Crippen LogP contribution in [-0.4, -0.2) is 14.9 Å². The number of nitrogens with zero attached hydrogens (tertiary/aromatic N) is 2. The van der Waals surface area contributed by atoms with E-state index in [1.165, 1.54) is 12.1 Å². The van der Waals surface area contributed by atoms with Gasteiger partial charge in [0.05, 0.1) is 11.3 Å². The second-order valence-electron chi connectivity index (χ2n) is 5.07. The maximum atomic E-state index is 13.2. The van der Waals surface area contributed by atoms with Crippen molar-refractivity contribution in [2.24, 2.45) is 7.05 Å². The summed E-state index contributed by atoms with van der Waals surface area (Å²) in [5.41, 5.74) is 1.39. The van der Waals surface area contributed by atoms with E-state index in [2.05, 4.69) is 5.10 Å². The lowest BCUT2D eigenvalue weighted by Crippen LogP contribution is -2.25. The normalized spacial score (nSPS) is 14.4. The Morgan fingerprint density at radius 1 is 1.37 bits per heavy atom. The van der Waals surface area contributed by atoms with E-state index in [-0.39, 0.29) is 5.82 Å². The number of benzene rings is 1. The van der Waals surface area contributed by atoms with Crippen molar-refractivity contribution < 1.29 is 9.50 Å². The maximum Gasteiger partial charge on any atom is 0.123 e. The summed E-state index contributed by atoms with van der Waals surface area (Å²) < 4.78 is 15.0. The molecule has 0 aliphatic rings. The Kier molecular flexibility index (Phi) is 3.71. The Morgan fingerprint density at radius 3 is 2.68 bits per heavy atom. The Labute approximate surface area is 112 Å². The van der Waals surface area contributed by atoms with Gasteiger partial charge in [-0.2, -0.15) is 5.10 Å². The summed E-state index contributed by atoms with van der Waals surface area (Å²) in [7, 11) is 1.86. The van der Waals surface area contributed by atoms with Gasteiger partial charge in [-0.3, -0.25) is 4.68 Å². The first-order valence-corrected chi connectivity index (χ1v) is 6.42. The molecule has 0 aliphatic heterocycles. The van der Waals surface area contributed by atoms with Crippen LogP contribution in [0.25, 0.3) is 0 Å². The first kappa shape index (κ1) is 13.7. The molecule has 1 atom stereocenters. The smallest absolute Gasteiger partial charge is 0.123 e. The van der Waals surface area contributed by atoms with E-state index in [4.69, 9.17) is 0 Å². The number of aryl methyl sites for hydroxylation is 2. The van der Waals surface area contributed by atoms with Crippen molar-refractivity contribution >= 4 is 0 Å². The maximum absolute atomic E-state index is 13.2. The summed E-state index contributed by atoms with van der Waals surface area (Å²) in [5.74, 6) is -0.336. The molecular weight excluding hydrogens is 243 g/mol. The molecule has 102 valence electrons. The molecule has 0 radical (unpaired) electrons. The molecule has 1 aromatic heterocycles. The minimum Gasteiger partial charge on any atom is -0.385 e. The van der Waals surface area contributed by atoms with E-state index < -0.39 is 5.60 Å². The van der Waals surface area contributed by atoms with E-state index in [9.17, 15) is 9.50 Å². The molecule has 1 aromatic carbocycles. The number of aliphatic hydroxyl groups is 1. The zero-order valence-electron chi connectivity index (χ0n) is 11.5. The fourth-order valence-corrected chi connectivity index (χ4v) is 2.19. The van der Waals surface area contributed by atoms with E-state index >= 15 is 0 Å². The highest BCUT2D eigenvalue weighted by molar-refractivity contribution is 5.25. The molecule has 1 heterocycles. The van der Waals surface area contributed by atoms with Gasteiger partial charge in [0.1, 0.15) is 5.82 Å². The van der Waals surface area contributed by atoms with Crippen LogP contribution in [0.4, 0.5) is 4.39 Å². The third kappa shape index (κ3) is 3.01. The van der Waals surface area contributed by atoms with Gasteiger partial charge in [-0.15, -0.1) is 0 Å². The van der Waals surface area contributed by atoms with Crippen LogP contribution in [0, 0.1) is 5.82 Å². The van der Waals surface area contributed by atoms with Gasteiger partial charge in [-0.05, 0) is 37.1 Å². The fraction of sp³-hybridized carbons (Fsp3) is 0.400. The average molecular weight is 262 g/mol. The first-order chi connectivity index (χ1) is 8.92. The molecule has 19 heavy (non-hydrogen) atoms. The first-order valence-electron chi connectivity index (χ1n) is 6.42. The van der Waals surface area contributed by atoms with E-state index in [1.54, 1.807) is 23.7 Å². The molecular formula is C15H19FN2O. The highest BCUT2D eigenvalue weighted by atomic mass is 19.1. The van der Waals surface area contributed by atoms with E-state index in [1.807, 2.05) is 20.0 Å². The fourth-order valence-electron chi connectivity index (χ4n) is 2.19. The minimum absolute atomic E-state index is 0.336. The predicted octanol–water partition coefficient (Wildman–Crippen LogP) is 2.57. The van der Waals surface area contributed by atoms with Crippen molar-refractivity contribution in [1.29, 1.82) is 0 Å². The van der Waals surface area contributed by atoms with Crippen molar-refractivity contribution in [2.75, 3.05) is 0 Å². The molecule has 0 aliphatic carbocycles. The third-order valence-electron chi connectivity index (χ3n) is 3.36. The number of halogens is 1. The van der Waals surface area contributed by atoms with Crippen LogP contribution in [0.1, 0.15) is 30.8 Å². The van der Waals surface area contributed by atoms with Crippen molar-refractivity contribution in [3.05, 3.63) is 53.1 Å². The van der Waals surface area contributed by atoms with Gasteiger partial charge < -0.3 is 5.11 Å². The summed E-state index contributed by atoms with van der Waals surface area (Å²) in [5, 5.41) is 14.9. The van der Waals surface area contributed by atoms with Crippen LogP contribution in [0.15, 0.2) is 30.3 Å². The lowest BCUT2D eigenvalue weighted by molar-refractivity contribution is 0.0553. The third-order valence-corrected chi connectivity index (χ3v) is 3.36. The highest BCUT2D eigenvalue weighted by Gasteiger charge is 2.25. The zero-order chi connectivity index (χ0) is 14.0. The molecule has 0 fully saturated rings. The lowest BCUT2D eigenvalue weighted by Gasteiger charge is -2.23. The molecule has 0 saturated carbocycles. The molecule has 1 unspecified atom stereocenters. The summed E-state index contributed by atoms with van der Waals surface area (Å²) in [6.07, 6.45) is 1.26. The molecule has 0 saturated heterocycles. The van der Waals surface area contributed by atoms with E-state index in [0.717, 1.165) is 17.8 Å². The number of hydrogen-bond donors (Lipinski definition) is 1. The Balaban J connectivity index is 2.27. The highest BCUT2D eigenvalue weighted by Crippen LogP contribution is 2.26. The summed E-state index contributed by atoms with van der Waals surface area (Å²) in [6.45, 7) is 3.73. The Hall–Kier alpha value is -1.68. The summed E-state index contributed by atoms with van der Waals surface area (Å²) in [4.78, 5) is 0. The molecule has 2 aromatic rings.